The molecule has 0 aromatic heterocycles. The number of carbonyl (C=O) groups is 3. The Labute approximate surface area is 123 Å². The van der Waals surface area contributed by atoms with Crippen molar-refractivity contribution in [1.82, 2.24) is 10.2 Å². The fraction of sp³-hybridized carbons (Fsp3) is 0.643. The molecule has 3 N–H and O–H groups in total. The normalized spacial score (nSPS) is 16.9. The lowest BCUT2D eigenvalue weighted by molar-refractivity contribution is -0.145. The number of nitrogens with one attached hydrogen (secondary N) is 1. The number of rotatable bonds is 4. The zero-order chi connectivity index (χ0) is 16.2. The molecule has 7 heteroatoms. The van der Waals surface area contributed by atoms with E-state index in [1.165, 1.54) is 10.5 Å². The molecule has 1 heterocycles. The van der Waals surface area contributed by atoms with Crippen molar-refractivity contribution in [3.8, 4) is 0 Å². The van der Waals surface area contributed by atoms with Crippen molar-refractivity contribution in [2.24, 2.45) is 5.41 Å². The Morgan fingerprint density at radius 3 is 2.33 bits per heavy atom. The highest BCUT2D eigenvalue weighted by molar-refractivity contribution is 5.86. The molecule has 0 spiro atoms. The van der Waals surface area contributed by atoms with Crippen molar-refractivity contribution in [3.63, 3.8) is 0 Å². The lowest BCUT2D eigenvalue weighted by atomic mass is 9.83. The minimum atomic E-state index is -1.41. The summed E-state index contributed by atoms with van der Waals surface area (Å²) in [5, 5.41) is 19.8. The summed E-state index contributed by atoms with van der Waals surface area (Å²) in [4.78, 5) is 35.0. The van der Waals surface area contributed by atoms with E-state index in [1.807, 2.05) is 6.08 Å². The lowest BCUT2D eigenvalue weighted by Gasteiger charge is -2.32. The summed E-state index contributed by atoms with van der Waals surface area (Å²) in [6.45, 7) is 7.19. The van der Waals surface area contributed by atoms with Gasteiger partial charge in [-0.1, -0.05) is 32.4 Å². The number of nitrogens with zero attached hydrogens (tertiary/aromatic N) is 1. The molecule has 0 fully saturated rings. The van der Waals surface area contributed by atoms with Gasteiger partial charge in [-0.15, -0.1) is 0 Å². The van der Waals surface area contributed by atoms with Crippen LogP contribution in [0, 0.1) is 5.41 Å². The Kier molecular flexibility index (Phi) is 5.34. The van der Waals surface area contributed by atoms with E-state index in [0.717, 1.165) is 6.42 Å². The van der Waals surface area contributed by atoms with Crippen LogP contribution in [0.25, 0.3) is 0 Å². The number of carboxylic acids is 2. The highest BCUT2D eigenvalue weighted by atomic mass is 16.4. The van der Waals surface area contributed by atoms with Gasteiger partial charge < -0.3 is 20.4 Å². The van der Waals surface area contributed by atoms with Crippen LogP contribution in [0.5, 0.6) is 0 Å². The van der Waals surface area contributed by atoms with Crippen LogP contribution in [0.3, 0.4) is 0 Å². The average molecular weight is 298 g/mol. The van der Waals surface area contributed by atoms with Gasteiger partial charge >= 0.3 is 18.0 Å². The fourth-order valence-electron chi connectivity index (χ4n) is 2.15. The average Bonchev–Trinajstić information content (AvgIpc) is 2.36. The molecule has 1 aliphatic rings. The number of hydrogen-bond acceptors (Lipinski definition) is 3. The van der Waals surface area contributed by atoms with Crippen molar-refractivity contribution in [1.29, 1.82) is 0 Å². The molecule has 21 heavy (non-hydrogen) atoms. The first-order chi connectivity index (χ1) is 9.61. The first kappa shape index (κ1) is 17.0. The van der Waals surface area contributed by atoms with Crippen LogP contribution >= 0.6 is 0 Å². The van der Waals surface area contributed by atoms with Crippen LogP contribution < -0.4 is 5.32 Å². The van der Waals surface area contributed by atoms with Gasteiger partial charge in [0, 0.05) is 13.1 Å². The Balaban J connectivity index is 2.63. The van der Waals surface area contributed by atoms with Gasteiger partial charge in [-0.3, -0.25) is 4.79 Å². The lowest BCUT2D eigenvalue weighted by Crippen LogP contribution is -2.50. The monoisotopic (exact) mass is 298 g/mol. The maximum atomic E-state index is 12.0. The predicted molar refractivity (Wildman–Crippen MR) is 75.9 cm³/mol. The van der Waals surface area contributed by atoms with Crippen LogP contribution in [0.2, 0.25) is 0 Å². The predicted octanol–water partition coefficient (Wildman–Crippen LogP) is 1.30. The first-order valence-electron chi connectivity index (χ1n) is 6.81. The highest BCUT2D eigenvalue weighted by Gasteiger charge is 2.27. The fourth-order valence-corrected chi connectivity index (χ4v) is 2.15. The quantitative estimate of drug-likeness (QED) is 0.678. The van der Waals surface area contributed by atoms with E-state index in [-0.39, 0.29) is 5.41 Å². The molecule has 118 valence electrons. The molecule has 0 radical (unpaired) electrons. The van der Waals surface area contributed by atoms with Gasteiger partial charge in [0.2, 0.25) is 0 Å². The van der Waals surface area contributed by atoms with Gasteiger partial charge in [-0.2, -0.15) is 0 Å². The van der Waals surface area contributed by atoms with E-state index >= 15 is 0 Å². The van der Waals surface area contributed by atoms with E-state index < -0.39 is 30.4 Å². The number of amides is 2. The van der Waals surface area contributed by atoms with Gasteiger partial charge in [-0.05, 0) is 11.8 Å². The smallest absolute Gasteiger partial charge is 0.326 e. The zero-order valence-corrected chi connectivity index (χ0v) is 12.5. The second kappa shape index (κ2) is 6.60. The topological polar surface area (TPSA) is 107 Å². The minimum Gasteiger partial charge on any atom is -0.481 e. The molecule has 1 aliphatic heterocycles. The number of carboxylic acid groups (broad SMARTS) is 2. The van der Waals surface area contributed by atoms with Crippen LogP contribution in [-0.4, -0.2) is 52.2 Å². The Bertz CT molecular complexity index is 464. The van der Waals surface area contributed by atoms with Crippen molar-refractivity contribution in [2.45, 2.75) is 39.7 Å². The van der Waals surface area contributed by atoms with E-state index in [2.05, 4.69) is 26.1 Å². The molecule has 0 saturated carbocycles. The number of urea groups is 1. The van der Waals surface area contributed by atoms with Gasteiger partial charge in [0.1, 0.15) is 6.04 Å². The van der Waals surface area contributed by atoms with Gasteiger partial charge in [-0.25, -0.2) is 9.59 Å². The van der Waals surface area contributed by atoms with E-state index in [1.54, 1.807) is 0 Å². The van der Waals surface area contributed by atoms with Crippen molar-refractivity contribution < 1.29 is 24.6 Å². The van der Waals surface area contributed by atoms with Crippen LogP contribution in [0.4, 0.5) is 4.79 Å². The van der Waals surface area contributed by atoms with E-state index in [0.29, 0.717) is 13.1 Å². The molecule has 1 atom stereocenters. The van der Waals surface area contributed by atoms with Crippen LogP contribution in [0.1, 0.15) is 33.6 Å². The summed E-state index contributed by atoms with van der Waals surface area (Å²) < 4.78 is 0. The summed E-state index contributed by atoms with van der Waals surface area (Å²) in [5.41, 5.74) is 1.31. The summed E-state index contributed by atoms with van der Waals surface area (Å²) in [7, 11) is 0. The van der Waals surface area contributed by atoms with Crippen LogP contribution in [-0.2, 0) is 9.59 Å². The number of aliphatic carboxylic acids is 2. The Morgan fingerprint density at radius 2 is 1.95 bits per heavy atom. The minimum absolute atomic E-state index is 0.0511. The summed E-state index contributed by atoms with van der Waals surface area (Å²) in [6.07, 6.45) is 2.06. The Hall–Kier alpha value is -2.05. The molecule has 1 rings (SSSR count). The standard InChI is InChI=1S/C14H22N2O5/c1-14(2,3)9-4-6-16(7-5-9)13(21)15-10(12(19)20)8-11(17)18/h4,10H,5-8H2,1-3H3,(H,15,21)(H,17,18)(H,19,20). The second-order valence-corrected chi connectivity index (χ2v) is 6.11. The van der Waals surface area contributed by atoms with Gasteiger partial charge in [0.05, 0.1) is 6.42 Å². The summed E-state index contributed by atoms with van der Waals surface area (Å²) >= 11 is 0. The Morgan fingerprint density at radius 1 is 1.33 bits per heavy atom. The third-order valence-corrected chi connectivity index (χ3v) is 3.43. The molecule has 0 aromatic carbocycles. The van der Waals surface area contributed by atoms with Gasteiger partial charge in [0.15, 0.2) is 0 Å². The SMILES string of the molecule is CC(C)(C)C1=CCN(C(=O)NC(CC(=O)O)C(=O)O)CC1. The molecule has 1 unspecified atom stereocenters. The molecule has 2 amide bonds. The molecule has 0 aliphatic carbocycles. The third-order valence-electron chi connectivity index (χ3n) is 3.43. The molecule has 0 saturated heterocycles. The third kappa shape index (κ3) is 5.09. The van der Waals surface area contributed by atoms with Crippen molar-refractivity contribution in [3.05, 3.63) is 11.6 Å². The van der Waals surface area contributed by atoms with Crippen LogP contribution in [0.15, 0.2) is 11.6 Å². The van der Waals surface area contributed by atoms with E-state index in [4.69, 9.17) is 10.2 Å². The molecular weight excluding hydrogens is 276 g/mol. The second-order valence-electron chi connectivity index (χ2n) is 6.11. The first-order valence-corrected chi connectivity index (χ1v) is 6.81. The number of hydrogen-bond donors (Lipinski definition) is 3. The summed E-state index contributed by atoms with van der Waals surface area (Å²) in [6, 6.07) is -1.96. The molecule has 0 bridgehead atoms. The molecular formula is C14H22N2O5. The van der Waals surface area contributed by atoms with Crippen molar-refractivity contribution in [2.75, 3.05) is 13.1 Å². The van der Waals surface area contributed by atoms with Crippen molar-refractivity contribution >= 4 is 18.0 Å². The van der Waals surface area contributed by atoms with E-state index in [9.17, 15) is 14.4 Å². The maximum absolute atomic E-state index is 12.0. The maximum Gasteiger partial charge on any atom is 0.326 e. The highest BCUT2D eigenvalue weighted by Crippen LogP contribution is 2.29. The number of carbonyl (C=O) groups excluding carboxylic acids is 1. The zero-order valence-electron chi connectivity index (χ0n) is 12.5. The van der Waals surface area contributed by atoms with Gasteiger partial charge in [0.25, 0.3) is 0 Å². The largest absolute Gasteiger partial charge is 0.481 e. The molecule has 0 aromatic rings. The summed E-state index contributed by atoms with van der Waals surface area (Å²) in [5.74, 6) is -2.62. The molecule has 7 nitrogen and oxygen atoms in total.